The lowest BCUT2D eigenvalue weighted by Crippen LogP contribution is -2.43. The molecule has 0 amide bonds. The van der Waals surface area contributed by atoms with Gasteiger partial charge in [-0.1, -0.05) is 114 Å². The van der Waals surface area contributed by atoms with Crippen molar-refractivity contribution in [2.75, 3.05) is 19.6 Å². The fraction of sp³-hybridized carbons (Fsp3) is 0.172. The molecule has 3 aliphatic carbocycles. The van der Waals surface area contributed by atoms with Crippen LogP contribution in [0.25, 0.3) is 0 Å². The summed E-state index contributed by atoms with van der Waals surface area (Å²) in [6, 6.07) is 59.4. The molecular weight excluding hydrogens is 753 g/mol. The number of anilines is 7. The number of hydrogen-bond acceptors (Lipinski definition) is 4. The van der Waals surface area contributed by atoms with Crippen molar-refractivity contribution in [2.45, 2.75) is 65.3 Å². The van der Waals surface area contributed by atoms with Crippen LogP contribution in [-0.2, 0) is 0 Å². The van der Waals surface area contributed by atoms with Crippen LogP contribution in [0.1, 0.15) is 57.1 Å². The van der Waals surface area contributed by atoms with E-state index in [1.165, 1.54) is 67.9 Å². The fourth-order valence-electron chi connectivity index (χ4n) is 9.00. The standard InChI is InChI=1S/C58H56N4/c1-44-20-26-49(27-21-44)59(47-14-8-5-9-15-47)51-32-36-53(37-33-51)61(54-38-34-52(35-39-54)60(48-16-10-6-11-17-48)50-28-22-45(2)23-29-50)55-40-42-58(4,43-41-55)62(56-18-12-7-13-19-56)57-30-24-46(3)25-31-57/h5-22,24-28,30-32,34-36,38-42H,23,29,33,37,43H2,1-4H3. The predicted octanol–water partition coefficient (Wildman–Crippen LogP) is 15.7. The van der Waals surface area contributed by atoms with E-state index >= 15 is 0 Å². The highest BCUT2D eigenvalue weighted by molar-refractivity contribution is 5.75. The van der Waals surface area contributed by atoms with Crippen molar-refractivity contribution in [2.24, 2.45) is 0 Å². The maximum absolute atomic E-state index is 2.49. The average Bonchev–Trinajstić information content (AvgIpc) is 3.31. The van der Waals surface area contributed by atoms with E-state index in [2.05, 4.69) is 254 Å². The summed E-state index contributed by atoms with van der Waals surface area (Å²) in [4.78, 5) is 9.81. The van der Waals surface area contributed by atoms with Gasteiger partial charge in [-0.3, -0.25) is 0 Å². The molecule has 4 heteroatoms. The fourth-order valence-corrected chi connectivity index (χ4v) is 9.00. The molecule has 0 aromatic heterocycles. The molecule has 0 radical (unpaired) electrons. The molecule has 0 saturated heterocycles. The monoisotopic (exact) mass is 808 g/mol. The summed E-state index contributed by atoms with van der Waals surface area (Å²) in [5.74, 6) is 0. The average molecular weight is 809 g/mol. The van der Waals surface area contributed by atoms with Crippen molar-refractivity contribution >= 4 is 39.8 Å². The van der Waals surface area contributed by atoms with Crippen molar-refractivity contribution in [3.8, 4) is 0 Å². The summed E-state index contributed by atoms with van der Waals surface area (Å²) in [5, 5.41) is 0. The SMILES string of the molecule is CC1=CC=C(N(c2ccccc2)c2ccc(N(C3=CCC(C)(N(c4ccccc4)c4ccc(C)cc4)C=C3)C3=CC=C(N(c4ccccc4)c4ccc(C)cc4)CC3)cc2)CC1. The molecule has 4 nitrogen and oxygen atoms in total. The molecule has 0 bridgehead atoms. The zero-order valence-corrected chi connectivity index (χ0v) is 36.5. The second kappa shape index (κ2) is 17.9. The highest BCUT2D eigenvalue weighted by Gasteiger charge is 2.34. The van der Waals surface area contributed by atoms with Crippen molar-refractivity contribution in [1.29, 1.82) is 0 Å². The maximum atomic E-state index is 2.49. The summed E-state index contributed by atoms with van der Waals surface area (Å²) in [7, 11) is 0. The Hall–Kier alpha value is -7.04. The second-order valence-electron chi connectivity index (χ2n) is 17.0. The van der Waals surface area contributed by atoms with Gasteiger partial charge in [-0.2, -0.15) is 0 Å². The molecule has 1 atom stereocenters. The number of aryl methyl sites for hydroxylation is 2. The Labute approximate surface area is 369 Å². The summed E-state index contributed by atoms with van der Waals surface area (Å²) < 4.78 is 0. The molecule has 308 valence electrons. The first kappa shape index (κ1) is 40.4. The van der Waals surface area contributed by atoms with Crippen molar-refractivity contribution < 1.29 is 0 Å². The zero-order chi connectivity index (χ0) is 42.5. The summed E-state index contributed by atoms with van der Waals surface area (Å²) in [6.45, 7) is 8.88. The van der Waals surface area contributed by atoms with E-state index in [0.717, 1.165) is 43.5 Å². The van der Waals surface area contributed by atoms with Gasteiger partial charge in [0.05, 0.1) is 5.54 Å². The Morgan fingerprint density at radius 3 is 1.19 bits per heavy atom. The van der Waals surface area contributed by atoms with Crippen molar-refractivity contribution in [3.05, 3.63) is 246 Å². The third-order valence-electron chi connectivity index (χ3n) is 12.4. The Balaban J connectivity index is 1.11. The maximum Gasteiger partial charge on any atom is 0.0644 e. The summed E-state index contributed by atoms with van der Waals surface area (Å²) in [6.07, 6.45) is 21.2. The van der Waals surface area contributed by atoms with Gasteiger partial charge in [0.2, 0.25) is 0 Å². The molecule has 3 aliphatic rings. The van der Waals surface area contributed by atoms with E-state index < -0.39 is 0 Å². The zero-order valence-electron chi connectivity index (χ0n) is 36.5. The quantitative estimate of drug-likeness (QED) is 0.122. The molecule has 0 fully saturated rings. The van der Waals surface area contributed by atoms with E-state index in [9.17, 15) is 0 Å². The molecule has 62 heavy (non-hydrogen) atoms. The largest absolute Gasteiger partial charge is 0.332 e. The van der Waals surface area contributed by atoms with E-state index in [1.54, 1.807) is 0 Å². The molecule has 0 heterocycles. The number of hydrogen-bond donors (Lipinski definition) is 0. The minimum atomic E-state index is -0.287. The van der Waals surface area contributed by atoms with Gasteiger partial charge >= 0.3 is 0 Å². The molecular formula is C58H56N4. The van der Waals surface area contributed by atoms with Crippen molar-refractivity contribution in [3.63, 3.8) is 0 Å². The van der Waals surface area contributed by atoms with Crippen LogP contribution in [0.5, 0.6) is 0 Å². The number of benzene rings is 6. The van der Waals surface area contributed by atoms with Gasteiger partial charge in [0, 0.05) is 62.6 Å². The predicted molar refractivity (Wildman–Crippen MR) is 264 cm³/mol. The molecule has 1 unspecified atom stereocenters. The highest BCUT2D eigenvalue weighted by Crippen LogP contribution is 2.43. The molecule has 0 spiro atoms. The van der Waals surface area contributed by atoms with Crippen LogP contribution < -0.4 is 19.6 Å². The van der Waals surface area contributed by atoms with E-state index in [0.29, 0.717) is 0 Å². The van der Waals surface area contributed by atoms with Gasteiger partial charge in [0.25, 0.3) is 0 Å². The van der Waals surface area contributed by atoms with Crippen LogP contribution in [0.15, 0.2) is 235 Å². The minimum absolute atomic E-state index is 0.287. The number of rotatable bonds is 12. The number of nitrogens with zero attached hydrogens (tertiary/aromatic N) is 4. The first-order valence-corrected chi connectivity index (χ1v) is 22.1. The molecule has 0 aliphatic heterocycles. The molecule has 6 aromatic rings. The lowest BCUT2D eigenvalue weighted by molar-refractivity contribution is 0.566. The van der Waals surface area contributed by atoms with Gasteiger partial charge in [-0.25, -0.2) is 0 Å². The van der Waals surface area contributed by atoms with E-state index in [4.69, 9.17) is 0 Å². The van der Waals surface area contributed by atoms with Crippen LogP contribution >= 0.6 is 0 Å². The van der Waals surface area contributed by atoms with Gasteiger partial charge in [-0.05, 0) is 169 Å². The lowest BCUT2D eigenvalue weighted by Gasteiger charge is -2.43. The second-order valence-corrected chi connectivity index (χ2v) is 17.0. The molecule has 9 rings (SSSR count). The van der Waals surface area contributed by atoms with Gasteiger partial charge in [-0.15, -0.1) is 0 Å². The third-order valence-corrected chi connectivity index (χ3v) is 12.4. The molecule has 6 aromatic carbocycles. The van der Waals surface area contributed by atoms with Crippen LogP contribution in [0.2, 0.25) is 0 Å². The van der Waals surface area contributed by atoms with E-state index in [-0.39, 0.29) is 5.54 Å². The normalized spacial score (nSPS) is 17.2. The first-order valence-electron chi connectivity index (χ1n) is 22.1. The van der Waals surface area contributed by atoms with E-state index in [1.807, 2.05) is 0 Å². The Morgan fingerprint density at radius 1 is 0.387 bits per heavy atom. The van der Waals surface area contributed by atoms with Crippen LogP contribution in [0.4, 0.5) is 39.8 Å². The highest BCUT2D eigenvalue weighted by atomic mass is 15.2. The Kier molecular flexibility index (Phi) is 11.7. The number of allylic oxidation sites excluding steroid dienone is 9. The van der Waals surface area contributed by atoms with Gasteiger partial charge in [0.1, 0.15) is 0 Å². The van der Waals surface area contributed by atoms with Crippen LogP contribution in [0, 0.1) is 13.8 Å². The van der Waals surface area contributed by atoms with Gasteiger partial charge < -0.3 is 19.6 Å². The Bertz CT molecular complexity index is 2670. The van der Waals surface area contributed by atoms with Crippen LogP contribution in [0.3, 0.4) is 0 Å². The topological polar surface area (TPSA) is 13.0 Å². The lowest BCUT2D eigenvalue weighted by atomic mass is 9.88. The summed E-state index contributed by atoms with van der Waals surface area (Å²) in [5.41, 5.74) is 16.9. The number of para-hydroxylation sites is 3. The minimum Gasteiger partial charge on any atom is -0.332 e. The van der Waals surface area contributed by atoms with Gasteiger partial charge in [0.15, 0.2) is 0 Å². The summed E-state index contributed by atoms with van der Waals surface area (Å²) >= 11 is 0. The van der Waals surface area contributed by atoms with Crippen LogP contribution in [-0.4, -0.2) is 5.54 Å². The molecule has 0 saturated carbocycles. The smallest absolute Gasteiger partial charge is 0.0644 e. The third kappa shape index (κ3) is 8.60. The molecule has 0 N–H and O–H groups in total. The van der Waals surface area contributed by atoms with Crippen molar-refractivity contribution in [1.82, 2.24) is 0 Å². The Morgan fingerprint density at radius 2 is 0.758 bits per heavy atom. The first-order chi connectivity index (χ1) is 30.3.